The molecule has 4 atom stereocenters. The number of halogens is 1. The smallest absolute Gasteiger partial charge is 0.324 e. The molecule has 2 saturated heterocycles. The van der Waals surface area contributed by atoms with Gasteiger partial charge in [0, 0.05) is 22.6 Å². The summed E-state index contributed by atoms with van der Waals surface area (Å²) in [5.41, 5.74) is -1.15. The average molecular weight is 467 g/mol. The van der Waals surface area contributed by atoms with Crippen molar-refractivity contribution in [3.63, 3.8) is 0 Å². The molecule has 7 nitrogen and oxygen atoms in total. The molecule has 8 heteroatoms. The topological polar surface area (TPSA) is 107 Å². The van der Waals surface area contributed by atoms with Gasteiger partial charge in [-0.1, -0.05) is 43.1 Å². The van der Waals surface area contributed by atoms with Gasteiger partial charge in [0.1, 0.15) is 11.3 Å². The minimum atomic E-state index is -1.56. The van der Waals surface area contributed by atoms with E-state index in [0.29, 0.717) is 16.5 Å². The van der Waals surface area contributed by atoms with Crippen molar-refractivity contribution in [2.75, 3.05) is 6.54 Å². The van der Waals surface area contributed by atoms with Gasteiger partial charge < -0.3 is 10.2 Å². The van der Waals surface area contributed by atoms with Crippen LogP contribution in [0.15, 0.2) is 22.7 Å². The molecule has 0 aromatic heterocycles. The molecule has 3 rings (SSSR count). The van der Waals surface area contributed by atoms with Crippen molar-refractivity contribution in [2.24, 2.45) is 17.8 Å². The Hall–Kier alpha value is -1.93. The Morgan fingerprint density at radius 1 is 1.31 bits per heavy atom. The second kappa shape index (κ2) is 8.07. The Labute approximate surface area is 178 Å². The lowest BCUT2D eigenvalue weighted by Gasteiger charge is -2.32. The Morgan fingerprint density at radius 2 is 2.00 bits per heavy atom. The minimum Gasteiger partial charge on any atom is -0.508 e. The van der Waals surface area contributed by atoms with E-state index in [4.69, 9.17) is 0 Å². The molecule has 1 aromatic rings. The highest BCUT2D eigenvalue weighted by molar-refractivity contribution is 9.10. The summed E-state index contributed by atoms with van der Waals surface area (Å²) in [7, 11) is 0. The van der Waals surface area contributed by atoms with Crippen LogP contribution in [0.2, 0.25) is 0 Å². The number of hydrogen-bond donors (Lipinski definition) is 3. The largest absolute Gasteiger partial charge is 0.508 e. The summed E-state index contributed by atoms with van der Waals surface area (Å²) in [6.45, 7) is 6.04. The Balaban J connectivity index is 2.15. The number of nitrogens with one attached hydrogen (secondary N) is 1. The molecule has 0 radical (unpaired) electrons. The van der Waals surface area contributed by atoms with Crippen LogP contribution in [0, 0.1) is 17.8 Å². The van der Waals surface area contributed by atoms with Gasteiger partial charge in [-0.05, 0) is 37.0 Å². The van der Waals surface area contributed by atoms with E-state index >= 15 is 0 Å². The number of unbranched alkanes of at least 4 members (excludes halogenated alkanes) is 1. The van der Waals surface area contributed by atoms with E-state index in [1.165, 1.54) is 11.0 Å². The molecule has 29 heavy (non-hydrogen) atoms. The first-order valence-electron chi connectivity index (χ1n) is 9.98. The predicted molar refractivity (Wildman–Crippen MR) is 110 cm³/mol. The second-order valence-corrected chi connectivity index (χ2v) is 9.30. The minimum absolute atomic E-state index is 0.0123. The molecule has 0 spiro atoms. The Bertz CT molecular complexity index is 842. The zero-order chi connectivity index (χ0) is 21.5. The van der Waals surface area contributed by atoms with E-state index in [-0.39, 0.29) is 30.5 Å². The van der Waals surface area contributed by atoms with Gasteiger partial charge in [0.15, 0.2) is 0 Å². The highest BCUT2D eigenvalue weighted by atomic mass is 79.9. The third-order valence-corrected chi connectivity index (χ3v) is 6.41. The maximum atomic E-state index is 13.3. The van der Waals surface area contributed by atoms with Crippen LogP contribution in [0.1, 0.15) is 51.6 Å². The predicted octanol–water partition coefficient (Wildman–Crippen LogP) is 3.07. The molecule has 0 aliphatic carbocycles. The summed E-state index contributed by atoms with van der Waals surface area (Å²) in [5.74, 6) is -3.86. The van der Waals surface area contributed by atoms with Gasteiger partial charge in [-0.2, -0.15) is 0 Å². The van der Waals surface area contributed by atoms with Gasteiger partial charge in [0.05, 0.1) is 11.8 Å². The van der Waals surface area contributed by atoms with E-state index in [2.05, 4.69) is 21.2 Å². The van der Waals surface area contributed by atoms with Crippen LogP contribution in [0.4, 0.5) is 0 Å². The number of carboxylic acid groups (broad SMARTS) is 1. The monoisotopic (exact) mass is 466 g/mol. The molecule has 2 aliphatic heterocycles. The van der Waals surface area contributed by atoms with Crippen LogP contribution in [-0.2, 0) is 14.4 Å². The lowest BCUT2D eigenvalue weighted by molar-refractivity contribution is -0.152. The van der Waals surface area contributed by atoms with Gasteiger partial charge in [-0.3, -0.25) is 24.6 Å². The molecular weight excluding hydrogens is 440 g/mol. The number of aliphatic carboxylic acids is 1. The standard InChI is InChI=1S/C21H27BrN2O5/c1-4-5-8-24-18(26)15-16(19(24)27)21(20(28)29,10-11(2)3)23-17(15)13-9-12(22)6-7-14(13)25/h6-7,9,11,15-17,23,25H,4-5,8,10H2,1-3H3,(H,28,29). The number of rotatable bonds is 7. The van der Waals surface area contributed by atoms with Gasteiger partial charge in [0.2, 0.25) is 11.8 Å². The number of phenolic OH excluding ortho intramolecular Hbond substituents is 1. The van der Waals surface area contributed by atoms with Crippen molar-refractivity contribution in [3.8, 4) is 5.75 Å². The number of likely N-dealkylation sites (tertiary alicyclic amines) is 1. The fourth-order valence-corrected chi connectivity index (χ4v) is 5.14. The number of carbonyl (C=O) groups excluding carboxylic acids is 2. The third-order valence-electron chi connectivity index (χ3n) is 5.92. The number of fused-ring (bicyclic) bond motifs is 1. The first kappa shape index (κ1) is 21.8. The number of phenols is 1. The van der Waals surface area contributed by atoms with Crippen LogP contribution in [0.5, 0.6) is 5.75 Å². The fraction of sp³-hybridized carbons (Fsp3) is 0.571. The first-order valence-corrected chi connectivity index (χ1v) is 10.8. The molecule has 3 N–H and O–H groups in total. The van der Waals surface area contributed by atoms with Gasteiger partial charge in [-0.25, -0.2) is 0 Å². The molecule has 4 unspecified atom stereocenters. The SMILES string of the molecule is CCCCN1C(=O)C2C(c3cc(Br)ccc3O)NC(CC(C)C)(C(=O)O)C2C1=O. The normalized spacial score (nSPS) is 29.0. The van der Waals surface area contributed by atoms with Crippen molar-refractivity contribution in [3.05, 3.63) is 28.2 Å². The van der Waals surface area contributed by atoms with Crippen LogP contribution >= 0.6 is 15.9 Å². The number of imide groups is 1. The Morgan fingerprint density at radius 3 is 2.59 bits per heavy atom. The lowest BCUT2D eigenvalue weighted by atomic mass is 9.75. The number of amides is 2. The molecule has 0 saturated carbocycles. The molecule has 1 aromatic carbocycles. The highest BCUT2D eigenvalue weighted by Crippen LogP contribution is 2.52. The van der Waals surface area contributed by atoms with Crippen molar-refractivity contribution in [1.29, 1.82) is 0 Å². The number of carbonyl (C=O) groups is 3. The number of hydrogen-bond acceptors (Lipinski definition) is 5. The Kier molecular flexibility index (Phi) is 6.06. The molecule has 158 valence electrons. The van der Waals surface area contributed by atoms with Gasteiger partial charge >= 0.3 is 5.97 Å². The highest BCUT2D eigenvalue weighted by Gasteiger charge is 2.68. The van der Waals surface area contributed by atoms with Crippen molar-refractivity contribution in [2.45, 2.75) is 51.6 Å². The van der Waals surface area contributed by atoms with Crippen molar-refractivity contribution < 1.29 is 24.6 Å². The quantitative estimate of drug-likeness (QED) is 0.533. The maximum absolute atomic E-state index is 13.3. The maximum Gasteiger partial charge on any atom is 0.324 e. The zero-order valence-corrected chi connectivity index (χ0v) is 18.4. The zero-order valence-electron chi connectivity index (χ0n) is 16.8. The summed E-state index contributed by atoms with van der Waals surface area (Å²) >= 11 is 3.37. The number of aromatic hydroxyl groups is 1. The molecule has 2 aliphatic rings. The van der Waals surface area contributed by atoms with Crippen LogP contribution in [0.3, 0.4) is 0 Å². The van der Waals surface area contributed by atoms with E-state index in [1.807, 2.05) is 20.8 Å². The molecule has 2 amide bonds. The number of carboxylic acids is 1. The third kappa shape index (κ3) is 3.57. The van der Waals surface area contributed by atoms with E-state index in [9.17, 15) is 24.6 Å². The van der Waals surface area contributed by atoms with E-state index < -0.39 is 35.3 Å². The fourth-order valence-electron chi connectivity index (χ4n) is 4.76. The second-order valence-electron chi connectivity index (χ2n) is 8.38. The van der Waals surface area contributed by atoms with Crippen LogP contribution < -0.4 is 5.32 Å². The van der Waals surface area contributed by atoms with Crippen molar-refractivity contribution >= 4 is 33.7 Å². The molecule has 0 bridgehead atoms. The first-order chi connectivity index (χ1) is 13.6. The van der Waals surface area contributed by atoms with E-state index in [0.717, 1.165) is 6.42 Å². The molecule has 2 heterocycles. The van der Waals surface area contributed by atoms with Gasteiger partial charge in [-0.15, -0.1) is 0 Å². The number of nitrogens with zero attached hydrogens (tertiary/aromatic N) is 1. The lowest BCUT2D eigenvalue weighted by Crippen LogP contribution is -2.56. The summed E-state index contributed by atoms with van der Waals surface area (Å²) in [6, 6.07) is 4.06. The summed E-state index contributed by atoms with van der Waals surface area (Å²) in [4.78, 5) is 40.2. The average Bonchev–Trinajstić information content (AvgIpc) is 3.10. The van der Waals surface area contributed by atoms with Crippen LogP contribution in [0.25, 0.3) is 0 Å². The summed E-state index contributed by atoms with van der Waals surface area (Å²) in [6.07, 6.45) is 1.69. The van der Waals surface area contributed by atoms with E-state index in [1.54, 1.807) is 12.1 Å². The molecule has 2 fully saturated rings. The van der Waals surface area contributed by atoms with Crippen LogP contribution in [-0.4, -0.2) is 45.0 Å². The number of benzene rings is 1. The van der Waals surface area contributed by atoms with Gasteiger partial charge in [0.25, 0.3) is 0 Å². The summed E-state index contributed by atoms with van der Waals surface area (Å²) < 4.78 is 0.694. The molecular formula is C21H27BrN2O5. The summed E-state index contributed by atoms with van der Waals surface area (Å²) in [5, 5.41) is 23.8. The van der Waals surface area contributed by atoms with Crippen molar-refractivity contribution in [1.82, 2.24) is 10.2 Å².